The van der Waals surface area contributed by atoms with Gasteiger partial charge in [0.15, 0.2) is 5.65 Å². The number of amides is 1. The molecule has 4 heterocycles. The first-order valence-electron chi connectivity index (χ1n) is 11.6. The first-order valence-corrected chi connectivity index (χ1v) is 12.4. The van der Waals surface area contributed by atoms with E-state index in [-0.39, 0.29) is 5.91 Å². The molecular weight excluding hydrogens is 446 g/mol. The van der Waals surface area contributed by atoms with Gasteiger partial charge in [-0.15, -0.1) is 11.3 Å². The summed E-state index contributed by atoms with van der Waals surface area (Å²) < 4.78 is 7.04. The van der Waals surface area contributed by atoms with Crippen molar-refractivity contribution in [2.75, 3.05) is 33.3 Å². The van der Waals surface area contributed by atoms with Crippen LogP contribution >= 0.6 is 11.3 Å². The number of thiophene rings is 1. The van der Waals surface area contributed by atoms with Gasteiger partial charge in [-0.05, 0) is 48.6 Å². The van der Waals surface area contributed by atoms with E-state index >= 15 is 0 Å². The van der Waals surface area contributed by atoms with Crippen LogP contribution in [0.25, 0.3) is 21.6 Å². The lowest BCUT2D eigenvalue weighted by Crippen LogP contribution is -2.35. The van der Waals surface area contributed by atoms with E-state index in [1.54, 1.807) is 23.1 Å². The summed E-state index contributed by atoms with van der Waals surface area (Å²) in [4.78, 5) is 24.1. The summed E-state index contributed by atoms with van der Waals surface area (Å²) >= 11 is 1.63. The summed E-state index contributed by atoms with van der Waals surface area (Å²) in [5.74, 6) is 0.931. The van der Waals surface area contributed by atoms with Crippen LogP contribution in [-0.2, 0) is 13.6 Å². The number of hydrogen-bond acceptors (Lipinski definition) is 6. The molecule has 176 valence electrons. The number of aryl methyl sites for hydroxylation is 2. The molecule has 1 aliphatic heterocycles. The molecule has 0 bridgehead atoms. The molecule has 3 aromatic heterocycles. The quantitative estimate of drug-likeness (QED) is 0.429. The summed E-state index contributed by atoms with van der Waals surface area (Å²) in [5, 5.41) is 7.45. The molecule has 1 aromatic carbocycles. The molecule has 0 spiro atoms. The smallest absolute Gasteiger partial charge is 0.254 e. The van der Waals surface area contributed by atoms with Gasteiger partial charge in [0, 0.05) is 39.8 Å². The van der Waals surface area contributed by atoms with E-state index in [4.69, 9.17) is 9.72 Å². The molecule has 0 atom stereocenters. The molecule has 5 rings (SSSR count). The summed E-state index contributed by atoms with van der Waals surface area (Å²) in [6, 6.07) is 14.2. The fraction of sp³-hybridized carbons (Fsp3) is 0.346. The Kier molecular flexibility index (Phi) is 6.34. The number of fused-ring (bicyclic) bond motifs is 1. The van der Waals surface area contributed by atoms with Crippen molar-refractivity contribution in [3.8, 4) is 16.3 Å². The van der Waals surface area contributed by atoms with Gasteiger partial charge in [-0.1, -0.05) is 18.2 Å². The van der Waals surface area contributed by atoms with E-state index in [9.17, 15) is 4.79 Å². The summed E-state index contributed by atoms with van der Waals surface area (Å²) in [6.07, 6.45) is 0.944. The van der Waals surface area contributed by atoms with Crippen molar-refractivity contribution < 1.29 is 9.53 Å². The maximum Gasteiger partial charge on any atom is 0.254 e. The number of benzene rings is 1. The maximum absolute atomic E-state index is 13.8. The molecule has 0 unspecified atom stereocenters. The number of carbonyl (C=O) groups excluding carboxylic acids is 1. The minimum atomic E-state index is 0.0626. The minimum Gasteiger partial charge on any atom is -0.497 e. The Labute approximate surface area is 203 Å². The lowest BCUT2D eigenvalue weighted by Gasteiger charge is -2.22. The predicted molar refractivity (Wildman–Crippen MR) is 135 cm³/mol. The Balaban J connectivity index is 1.38. The van der Waals surface area contributed by atoms with Gasteiger partial charge in [0.25, 0.3) is 5.91 Å². The van der Waals surface area contributed by atoms with Gasteiger partial charge in [0.05, 0.1) is 34.3 Å². The number of nitrogens with zero attached hydrogens (tertiary/aromatic N) is 5. The van der Waals surface area contributed by atoms with Gasteiger partial charge in [-0.3, -0.25) is 14.4 Å². The zero-order valence-electron chi connectivity index (χ0n) is 19.8. The monoisotopic (exact) mass is 475 g/mol. The standard InChI is InChI=1S/C26H29N5O2S/c1-18-24-21(16-22(23-6-4-15-34-23)27-25(24)29(2)28-18)26(32)31-12-5-11-30(13-14-31)17-19-7-9-20(33-3)10-8-19/h4,6-10,15-16H,5,11-14,17H2,1-3H3. The summed E-state index contributed by atoms with van der Waals surface area (Å²) in [5.41, 5.74) is 4.36. The number of carbonyl (C=O) groups is 1. The highest BCUT2D eigenvalue weighted by Gasteiger charge is 2.25. The van der Waals surface area contributed by atoms with Crippen LogP contribution in [0.2, 0.25) is 0 Å². The van der Waals surface area contributed by atoms with Gasteiger partial charge >= 0.3 is 0 Å². The number of hydrogen-bond donors (Lipinski definition) is 0. The third-order valence-electron chi connectivity index (χ3n) is 6.41. The highest BCUT2D eigenvalue weighted by atomic mass is 32.1. The van der Waals surface area contributed by atoms with Gasteiger partial charge in [0.1, 0.15) is 5.75 Å². The molecule has 8 heteroatoms. The third-order valence-corrected chi connectivity index (χ3v) is 7.31. The average Bonchev–Trinajstić information content (AvgIpc) is 3.42. The highest BCUT2D eigenvalue weighted by Crippen LogP contribution is 2.30. The Morgan fingerprint density at radius 1 is 1.12 bits per heavy atom. The van der Waals surface area contributed by atoms with E-state index in [1.807, 2.05) is 54.6 Å². The second kappa shape index (κ2) is 9.56. The van der Waals surface area contributed by atoms with Crippen LogP contribution in [0.15, 0.2) is 47.8 Å². The second-order valence-corrected chi connectivity index (χ2v) is 9.66. The van der Waals surface area contributed by atoms with Gasteiger partial charge in [0.2, 0.25) is 0 Å². The maximum atomic E-state index is 13.8. The largest absolute Gasteiger partial charge is 0.497 e. The summed E-state index contributed by atoms with van der Waals surface area (Å²) in [7, 11) is 3.57. The van der Waals surface area contributed by atoms with Crippen molar-refractivity contribution in [1.29, 1.82) is 0 Å². The molecule has 0 radical (unpaired) electrons. The third kappa shape index (κ3) is 4.43. The molecule has 4 aromatic rings. The Morgan fingerprint density at radius 3 is 2.68 bits per heavy atom. The van der Waals surface area contributed by atoms with E-state index in [0.29, 0.717) is 12.1 Å². The molecule has 7 nitrogen and oxygen atoms in total. The molecule has 34 heavy (non-hydrogen) atoms. The molecule has 1 fully saturated rings. The Bertz CT molecular complexity index is 1300. The number of aromatic nitrogens is 3. The van der Waals surface area contributed by atoms with Crippen LogP contribution in [0, 0.1) is 6.92 Å². The van der Waals surface area contributed by atoms with Crippen LogP contribution in [0.5, 0.6) is 5.75 Å². The van der Waals surface area contributed by atoms with E-state index in [2.05, 4.69) is 22.1 Å². The number of methoxy groups -OCH3 is 1. The number of pyridine rings is 1. The van der Waals surface area contributed by atoms with E-state index < -0.39 is 0 Å². The van der Waals surface area contributed by atoms with Crippen molar-refractivity contribution in [3.05, 3.63) is 64.7 Å². The molecular formula is C26H29N5O2S. The predicted octanol–water partition coefficient (Wildman–Crippen LogP) is 4.36. The zero-order chi connectivity index (χ0) is 23.7. The summed E-state index contributed by atoms with van der Waals surface area (Å²) in [6.45, 7) is 6.08. The molecule has 0 aliphatic carbocycles. The van der Waals surface area contributed by atoms with Crippen molar-refractivity contribution in [3.63, 3.8) is 0 Å². The van der Waals surface area contributed by atoms with Crippen LogP contribution in [0.3, 0.4) is 0 Å². The first kappa shape index (κ1) is 22.6. The topological polar surface area (TPSA) is 63.5 Å². The SMILES string of the molecule is COc1ccc(CN2CCCN(C(=O)c3cc(-c4cccs4)nc4c3c(C)nn4C)CC2)cc1. The lowest BCUT2D eigenvalue weighted by molar-refractivity contribution is 0.0763. The highest BCUT2D eigenvalue weighted by molar-refractivity contribution is 7.13. The lowest BCUT2D eigenvalue weighted by atomic mass is 10.1. The molecule has 0 saturated carbocycles. The van der Waals surface area contributed by atoms with Crippen molar-refractivity contribution in [2.24, 2.45) is 7.05 Å². The Morgan fingerprint density at radius 2 is 1.94 bits per heavy atom. The van der Waals surface area contributed by atoms with Crippen molar-refractivity contribution in [1.82, 2.24) is 24.6 Å². The average molecular weight is 476 g/mol. The van der Waals surface area contributed by atoms with Gasteiger partial charge < -0.3 is 9.64 Å². The fourth-order valence-electron chi connectivity index (χ4n) is 4.66. The van der Waals surface area contributed by atoms with Gasteiger partial charge in [-0.2, -0.15) is 5.10 Å². The fourth-order valence-corrected chi connectivity index (χ4v) is 5.34. The van der Waals surface area contributed by atoms with Crippen molar-refractivity contribution >= 4 is 28.3 Å². The van der Waals surface area contributed by atoms with Crippen LogP contribution in [-0.4, -0.2) is 63.8 Å². The van der Waals surface area contributed by atoms with Crippen LogP contribution in [0.4, 0.5) is 0 Å². The van der Waals surface area contributed by atoms with Crippen molar-refractivity contribution in [2.45, 2.75) is 19.9 Å². The molecule has 1 amide bonds. The number of ether oxygens (including phenoxy) is 1. The molecule has 1 aliphatic rings. The Hall–Kier alpha value is -3.23. The van der Waals surface area contributed by atoms with Crippen LogP contribution < -0.4 is 4.74 Å². The first-order chi connectivity index (χ1) is 16.5. The molecule has 1 saturated heterocycles. The minimum absolute atomic E-state index is 0.0626. The van der Waals surface area contributed by atoms with E-state index in [1.165, 1.54) is 5.56 Å². The zero-order valence-corrected chi connectivity index (χ0v) is 20.6. The van der Waals surface area contributed by atoms with Crippen LogP contribution in [0.1, 0.15) is 28.0 Å². The van der Waals surface area contributed by atoms with Gasteiger partial charge in [-0.25, -0.2) is 4.98 Å². The second-order valence-electron chi connectivity index (χ2n) is 8.71. The number of rotatable bonds is 5. The normalized spacial score (nSPS) is 15.0. The molecule has 0 N–H and O–H groups in total. The van der Waals surface area contributed by atoms with E-state index in [0.717, 1.165) is 65.6 Å².